The van der Waals surface area contributed by atoms with E-state index in [1.807, 2.05) is 0 Å². The van der Waals surface area contributed by atoms with Gasteiger partial charge < -0.3 is 10.2 Å². The molecule has 1 saturated carbocycles. The predicted octanol–water partition coefficient (Wildman–Crippen LogP) is 3.00. The molecule has 110 valence electrons. The smallest absolute Gasteiger partial charge is 0.141 e. The Morgan fingerprint density at radius 1 is 1.29 bits per heavy atom. The topological polar surface area (TPSA) is 53.4 Å². The quantitative estimate of drug-likeness (QED) is 0.916. The maximum atomic E-state index is 13.4. The minimum atomic E-state index is -0.872. The molecule has 0 saturated heterocycles. The van der Waals surface area contributed by atoms with Crippen LogP contribution in [0.4, 0.5) is 4.39 Å². The fourth-order valence-electron chi connectivity index (χ4n) is 3.02. The average molecular weight is 308 g/mol. The van der Waals surface area contributed by atoms with Crippen molar-refractivity contribution >= 4 is 11.6 Å². The summed E-state index contributed by atoms with van der Waals surface area (Å²) in [5, 5.41) is 20.5. The van der Waals surface area contributed by atoms with Crippen molar-refractivity contribution in [3.63, 3.8) is 0 Å². The second kappa shape index (κ2) is 5.37. The molecule has 0 spiro atoms. The summed E-state index contributed by atoms with van der Waals surface area (Å²) < 4.78 is 13.4. The van der Waals surface area contributed by atoms with Crippen molar-refractivity contribution in [3.8, 4) is 0 Å². The van der Waals surface area contributed by atoms with Gasteiger partial charge in [0.1, 0.15) is 11.9 Å². The van der Waals surface area contributed by atoms with Gasteiger partial charge in [-0.05, 0) is 42.7 Å². The van der Waals surface area contributed by atoms with Crippen molar-refractivity contribution in [2.45, 2.75) is 30.5 Å². The van der Waals surface area contributed by atoms with Crippen LogP contribution in [0.3, 0.4) is 0 Å². The number of aromatic nitrogens is 1. The fraction of sp³-hybridized carbons (Fsp3) is 0.312. The average Bonchev–Trinajstić information content (AvgIpc) is 2.47. The highest BCUT2D eigenvalue weighted by atomic mass is 35.5. The van der Waals surface area contributed by atoms with Gasteiger partial charge in [-0.15, -0.1) is 0 Å². The lowest BCUT2D eigenvalue weighted by Gasteiger charge is -2.48. The van der Waals surface area contributed by atoms with Gasteiger partial charge in [0.15, 0.2) is 0 Å². The van der Waals surface area contributed by atoms with Crippen LogP contribution in [0.2, 0.25) is 5.02 Å². The van der Waals surface area contributed by atoms with Crippen LogP contribution in [0.25, 0.3) is 0 Å². The van der Waals surface area contributed by atoms with E-state index in [-0.39, 0.29) is 5.02 Å². The predicted molar refractivity (Wildman–Crippen MR) is 77.5 cm³/mol. The summed E-state index contributed by atoms with van der Waals surface area (Å²) in [7, 11) is 0. The van der Waals surface area contributed by atoms with Gasteiger partial charge in [-0.3, -0.25) is 4.98 Å². The van der Waals surface area contributed by atoms with Crippen molar-refractivity contribution in [1.29, 1.82) is 0 Å². The number of pyridine rings is 1. The molecule has 1 aliphatic rings. The van der Waals surface area contributed by atoms with Crippen LogP contribution in [0.5, 0.6) is 0 Å². The molecule has 0 amide bonds. The van der Waals surface area contributed by atoms with E-state index in [1.165, 1.54) is 12.1 Å². The van der Waals surface area contributed by atoms with E-state index in [4.69, 9.17) is 11.6 Å². The van der Waals surface area contributed by atoms with Crippen LogP contribution in [0.15, 0.2) is 42.6 Å². The number of benzene rings is 1. The normalized spacial score (nSPS) is 26.2. The van der Waals surface area contributed by atoms with Crippen molar-refractivity contribution in [2.24, 2.45) is 0 Å². The Kier molecular flexibility index (Phi) is 3.69. The van der Waals surface area contributed by atoms with Crippen molar-refractivity contribution in [3.05, 3.63) is 64.7 Å². The molecule has 1 fully saturated rings. The molecule has 3 nitrogen and oxygen atoms in total. The molecule has 1 atom stereocenters. The zero-order chi connectivity index (χ0) is 15.0. The zero-order valence-electron chi connectivity index (χ0n) is 11.2. The highest BCUT2D eigenvalue weighted by Gasteiger charge is 2.51. The molecule has 1 heterocycles. The van der Waals surface area contributed by atoms with E-state index >= 15 is 0 Å². The summed E-state index contributed by atoms with van der Waals surface area (Å²) in [5.41, 5.74) is 0.577. The third kappa shape index (κ3) is 2.44. The standard InChI is InChI=1S/C16H15ClFNO2/c17-12-7-10(4-5-13(12)18)16(8-11(20)9-16)15(21)14-3-1-2-6-19-14/h1-7,11,15,20-21H,8-9H2. The van der Waals surface area contributed by atoms with Gasteiger partial charge in [0.25, 0.3) is 0 Å². The van der Waals surface area contributed by atoms with Gasteiger partial charge in [-0.25, -0.2) is 4.39 Å². The van der Waals surface area contributed by atoms with Gasteiger partial charge >= 0.3 is 0 Å². The summed E-state index contributed by atoms with van der Waals surface area (Å²) in [6.07, 6.45) is 1.05. The molecule has 21 heavy (non-hydrogen) atoms. The van der Waals surface area contributed by atoms with E-state index < -0.39 is 23.4 Å². The molecule has 0 bridgehead atoms. The largest absolute Gasteiger partial charge is 0.393 e. The monoisotopic (exact) mass is 307 g/mol. The van der Waals surface area contributed by atoms with Crippen LogP contribution in [0, 0.1) is 5.82 Å². The number of nitrogens with zero attached hydrogens (tertiary/aromatic N) is 1. The van der Waals surface area contributed by atoms with E-state index in [9.17, 15) is 14.6 Å². The Bertz CT molecular complexity index is 644. The fourth-order valence-corrected chi connectivity index (χ4v) is 3.21. The van der Waals surface area contributed by atoms with Crippen molar-refractivity contribution in [1.82, 2.24) is 4.98 Å². The summed E-state index contributed by atoms with van der Waals surface area (Å²) in [5.74, 6) is -0.497. The Morgan fingerprint density at radius 2 is 2.05 bits per heavy atom. The van der Waals surface area contributed by atoms with Gasteiger partial charge in [0.05, 0.1) is 16.8 Å². The highest BCUT2D eigenvalue weighted by Crippen LogP contribution is 2.52. The van der Waals surface area contributed by atoms with Crippen molar-refractivity contribution < 1.29 is 14.6 Å². The summed E-state index contributed by atoms with van der Waals surface area (Å²) in [6.45, 7) is 0. The number of aliphatic hydroxyl groups is 2. The first-order valence-corrected chi connectivity index (χ1v) is 7.13. The molecule has 1 aromatic carbocycles. The Balaban J connectivity index is 2.02. The van der Waals surface area contributed by atoms with Gasteiger partial charge in [0, 0.05) is 11.6 Å². The number of hydrogen-bond acceptors (Lipinski definition) is 3. The minimum Gasteiger partial charge on any atom is -0.393 e. The van der Waals surface area contributed by atoms with Crippen LogP contribution in [0.1, 0.15) is 30.2 Å². The number of hydrogen-bond donors (Lipinski definition) is 2. The third-order valence-electron chi connectivity index (χ3n) is 4.19. The number of halogens is 2. The van der Waals surface area contributed by atoms with E-state index in [1.54, 1.807) is 30.5 Å². The number of aliphatic hydroxyl groups excluding tert-OH is 2. The maximum absolute atomic E-state index is 13.4. The summed E-state index contributed by atoms with van der Waals surface area (Å²) in [4.78, 5) is 4.18. The van der Waals surface area contributed by atoms with Crippen LogP contribution < -0.4 is 0 Å². The zero-order valence-corrected chi connectivity index (χ0v) is 12.0. The first-order valence-electron chi connectivity index (χ1n) is 6.75. The molecule has 1 unspecified atom stereocenters. The second-order valence-corrected chi connectivity index (χ2v) is 5.91. The van der Waals surface area contributed by atoms with Crippen molar-refractivity contribution in [2.75, 3.05) is 0 Å². The molecule has 0 aliphatic heterocycles. The molecule has 0 radical (unpaired) electrons. The molecule has 3 rings (SSSR count). The van der Waals surface area contributed by atoms with E-state index in [0.717, 1.165) is 5.56 Å². The van der Waals surface area contributed by atoms with E-state index in [0.29, 0.717) is 18.5 Å². The Labute approximate surface area is 127 Å². The third-order valence-corrected chi connectivity index (χ3v) is 4.48. The maximum Gasteiger partial charge on any atom is 0.141 e. The molecule has 5 heteroatoms. The SMILES string of the molecule is OC1CC(c2ccc(F)c(Cl)c2)(C(O)c2ccccn2)C1. The molecule has 1 aliphatic carbocycles. The first-order chi connectivity index (χ1) is 10.0. The van der Waals surface area contributed by atoms with Gasteiger partial charge in [0.2, 0.25) is 0 Å². The first kappa shape index (κ1) is 14.4. The molecule has 1 aromatic heterocycles. The highest BCUT2D eigenvalue weighted by molar-refractivity contribution is 6.30. The van der Waals surface area contributed by atoms with Crippen LogP contribution in [-0.4, -0.2) is 21.3 Å². The second-order valence-electron chi connectivity index (χ2n) is 5.50. The molecular formula is C16H15ClFNO2. The molecule has 2 N–H and O–H groups in total. The lowest BCUT2D eigenvalue weighted by molar-refractivity contribution is -0.0591. The molecule has 2 aromatic rings. The van der Waals surface area contributed by atoms with Gasteiger partial charge in [-0.2, -0.15) is 0 Å². The Morgan fingerprint density at radius 3 is 2.62 bits per heavy atom. The summed E-state index contributed by atoms with van der Waals surface area (Å²) >= 11 is 5.85. The van der Waals surface area contributed by atoms with Crippen LogP contribution >= 0.6 is 11.6 Å². The van der Waals surface area contributed by atoms with Gasteiger partial charge in [-0.1, -0.05) is 23.7 Å². The lowest BCUT2D eigenvalue weighted by atomic mass is 9.59. The minimum absolute atomic E-state index is 0.0153. The Hall–Kier alpha value is -1.49. The van der Waals surface area contributed by atoms with E-state index in [2.05, 4.69) is 4.98 Å². The molecular weight excluding hydrogens is 293 g/mol. The summed E-state index contributed by atoms with van der Waals surface area (Å²) in [6, 6.07) is 9.73. The van der Waals surface area contributed by atoms with Crippen LogP contribution in [-0.2, 0) is 5.41 Å². The lowest BCUT2D eigenvalue weighted by Crippen LogP contribution is -2.49. The number of rotatable bonds is 3.